The molecule has 0 unspecified atom stereocenters. The highest BCUT2D eigenvalue weighted by Gasteiger charge is 2.21. The van der Waals surface area contributed by atoms with Crippen molar-refractivity contribution in [3.8, 4) is 5.75 Å². The van der Waals surface area contributed by atoms with Gasteiger partial charge in [0.2, 0.25) is 5.91 Å². The molecule has 2 aromatic carbocycles. The van der Waals surface area contributed by atoms with Gasteiger partial charge in [0.25, 0.3) is 0 Å². The van der Waals surface area contributed by atoms with Gasteiger partial charge in [-0.25, -0.2) is 9.37 Å². The summed E-state index contributed by atoms with van der Waals surface area (Å²) < 4.78 is 24.9. The van der Waals surface area contributed by atoms with E-state index in [9.17, 15) is 9.18 Å². The molecule has 0 bridgehead atoms. The maximum atomic E-state index is 13.6. The van der Waals surface area contributed by atoms with E-state index < -0.39 is 0 Å². The summed E-state index contributed by atoms with van der Waals surface area (Å²) in [6.07, 6.45) is 2.69. The van der Waals surface area contributed by atoms with Gasteiger partial charge in [0.15, 0.2) is 5.13 Å². The molecule has 0 fully saturated rings. The lowest BCUT2D eigenvalue weighted by Crippen LogP contribution is -2.30. The molecule has 0 aliphatic carbocycles. The second-order valence-corrected chi connectivity index (χ2v) is 8.97. The first-order valence-electron chi connectivity index (χ1n) is 9.78. The predicted molar refractivity (Wildman–Crippen MR) is 122 cm³/mol. The number of hydrogen-bond acceptors (Lipinski definition) is 6. The summed E-state index contributed by atoms with van der Waals surface area (Å²) in [6.45, 7) is 0.291. The predicted octanol–water partition coefficient (Wildman–Crippen LogP) is 6.14. The van der Waals surface area contributed by atoms with Crippen LogP contribution >= 0.6 is 23.1 Å². The second-order valence-electron chi connectivity index (χ2n) is 6.80. The first-order chi connectivity index (χ1) is 15.1. The Labute approximate surface area is 187 Å². The van der Waals surface area contributed by atoms with Gasteiger partial charge in [0.05, 0.1) is 30.1 Å². The van der Waals surface area contributed by atoms with Crippen molar-refractivity contribution in [2.24, 2.45) is 0 Å². The normalized spacial score (nSPS) is 11.0. The Morgan fingerprint density at radius 1 is 1.23 bits per heavy atom. The highest BCUT2D eigenvalue weighted by Crippen LogP contribution is 2.31. The highest BCUT2D eigenvalue weighted by atomic mass is 32.2. The lowest BCUT2D eigenvalue weighted by atomic mass is 10.3. The fraction of sp³-hybridized carbons (Fsp3) is 0.217. The Morgan fingerprint density at radius 2 is 2.06 bits per heavy atom. The minimum atomic E-state index is -0.317. The lowest BCUT2D eigenvalue weighted by Gasteiger charge is -2.18. The first-order valence-corrected chi connectivity index (χ1v) is 11.6. The van der Waals surface area contributed by atoms with E-state index >= 15 is 0 Å². The smallest absolute Gasteiger partial charge is 0.229 e. The molecule has 1 amide bonds. The van der Waals surface area contributed by atoms with E-state index in [2.05, 4.69) is 4.98 Å². The minimum absolute atomic E-state index is 0.0359. The first kappa shape index (κ1) is 21.4. The van der Waals surface area contributed by atoms with Crippen molar-refractivity contribution in [2.45, 2.75) is 24.3 Å². The second kappa shape index (κ2) is 9.98. The van der Waals surface area contributed by atoms with Gasteiger partial charge < -0.3 is 9.15 Å². The molecular formula is C23H21FN2O3S2. The van der Waals surface area contributed by atoms with Crippen LogP contribution in [0.15, 0.2) is 70.2 Å². The number of carbonyl (C=O) groups excluding carboxylic acids is 1. The number of hydrogen-bond donors (Lipinski definition) is 0. The Kier molecular flexibility index (Phi) is 6.89. The Bertz CT molecular complexity index is 1140. The third-order valence-corrected chi connectivity index (χ3v) is 6.77. The topological polar surface area (TPSA) is 55.6 Å². The van der Waals surface area contributed by atoms with Crippen LogP contribution in [-0.2, 0) is 11.3 Å². The fourth-order valence-corrected chi connectivity index (χ4v) is 4.90. The van der Waals surface area contributed by atoms with Gasteiger partial charge in [0, 0.05) is 11.3 Å². The van der Waals surface area contributed by atoms with Crippen molar-refractivity contribution >= 4 is 44.4 Å². The molecule has 5 nitrogen and oxygen atoms in total. The molecule has 31 heavy (non-hydrogen) atoms. The zero-order chi connectivity index (χ0) is 21.6. The molecule has 0 spiro atoms. The summed E-state index contributed by atoms with van der Waals surface area (Å²) in [5, 5.41) is 0.546. The van der Waals surface area contributed by atoms with Crippen molar-refractivity contribution in [3.63, 3.8) is 0 Å². The third-order valence-electron chi connectivity index (χ3n) is 4.63. The number of nitrogens with zero attached hydrogens (tertiary/aromatic N) is 2. The van der Waals surface area contributed by atoms with E-state index in [1.807, 2.05) is 30.3 Å². The summed E-state index contributed by atoms with van der Waals surface area (Å²) in [4.78, 5) is 20.4. The molecule has 8 heteroatoms. The molecule has 0 saturated carbocycles. The lowest BCUT2D eigenvalue weighted by molar-refractivity contribution is -0.118. The van der Waals surface area contributed by atoms with E-state index in [-0.39, 0.29) is 11.7 Å². The highest BCUT2D eigenvalue weighted by molar-refractivity contribution is 7.99. The van der Waals surface area contributed by atoms with Crippen LogP contribution < -0.4 is 9.64 Å². The number of benzene rings is 2. The van der Waals surface area contributed by atoms with Crippen LogP contribution in [0.4, 0.5) is 9.52 Å². The summed E-state index contributed by atoms with van der Waals surface area (Å²) in [6, 6.07) is 15.9. The number of amides is 1. The number of carbonyl (C=O) groups is 1. The summed E-state index contributed by atoms with van der Waals surface area (Å²) in [7, 11) is 1.64. The molecule has 0 radical (unpaired) electrons. The van der Waals surface area contributed by atoms with Gasteiger partial charge >= 0.3 is 0 Å². The molecule has 4 aromatic rings. The molecule has 0 atom stereocenters. The molecule has 0 aliphatic heterocycles. The fourth-order valence-electron chi connectivity index (χ4n) is 3.04. The van der Waals surface area contributed by atoms with E-state index in [1.165, 1.54) is 23.5 Å². The van der Waals surface area contributed by atoms with Crippen LogP contribution in [0.3, 0.4) is 0 Å². The summed E-state index contributed by atoms with van der Waals surface area (Å²) in [5.41, 5.74) is 0.675. The van der Waals surface area contributed by atoms with Gasteiger partial charge in [-0.3, -0.25) is 9.69 Å². The van der Waals surface area contributed by atoms with E-state index in [0.717, 1.165) is 22.8 Å². The van der Waals surface area contributed by atoms with Crippen molar-refractivity contribution < 1.29 is 18.3 Å². The van der Waals surface area contributed by atoms with Crippen LogP contribution in [0.5, 0.6) is 5.75 Å². The number of furan rings is 1. The molecule has 160 valence electrons. The van der Waals surface area contributed by atoms with Crippen LogP contribution in [0.25, 0.3) is 10.2 Å². The Balaban J connectivity index is 1.42. The van der Waals surface area contributed by atoms with Crippen molar-refractivity contribution in [1.82, 2.24) is 4.98 Å². The number of fused-ring (bicyclic) bond motifs is 1. The van der Waals surface area contributed by atoms with Gasteiger partial charge in [-0.2, -0.15) is 0 Å². The zero-order valence-corrected chi connectivity index (χ0v) is 18.5. The molecule has 2 heterocycles. The Hall–Kier alpha value is -2.84. The van der Waals surface area contributed by atoms with E-state index in [1.54, 1.807) is 42.2 Å². The molecule has 0 aliphatic rings. The Morgan fingerprint density at radius 3 is 2.81 bits per heavy atom. The van der Waals surface area contributed by atoms with Crippen LogP contribution in [0.2, 0.25) is 0 Å². The largest absolute Gasteiger partial charge is 0.497 e. The maximum Gasteiger partial charge on any atom is 0.229 e. The number of anilines is 1. The molecule has 2 aromatic heterocycles. The van der Waals surface area contributed by atoms with Gasteiger partial charge in [0.1, 0.15) is 17.3 Å². The van der Waals surface area contributed by atoms with Gasteiger partial charge in [-0.05, 0) is 66.8 Å². The SMILES string of the molecule is COc1ccc(SCCCC(=O)N(Cc2ccco2)c2nc3ccc(F)cc3s2)cc1. The average Bonchev–Trinajstić information content (AvgIpc) is 3.44. The zero-order valence-electron chi connectivity index (χ0n) is 16.9. The number of thioether (sulfide) groups is 1. The monoisotopic (exact) mass is 456 g/mol. The van der Waals surface area contributed by atoms with Gasteiger partial charge in [-0.15, -0.1) is 11.8 Å². The van der Waals surface area contributed by atoms with Crippen molar-refractivity contribution in [3.05, 3.63) is 72.4 Å². The number of aromatic nitrogens is 1. The number of methoxy groups -OCH3 is 1. The van der Waals surface area contributed by atoms with Crippen LogP contribution in [0.1, 0.15) is 18.6 Å². The quantitative estimate of drug-likeness (QED) is 0.224. The summed E-state index contributed by atoms with van der Waals surface area (Å²) in [5.74, 6) is 1.96. The molecule has 4 rings (SSSR count). The molecular weight excluding hydrogens is 435 g/mol. The van der Waals surface area contributed by atoms with Gasteiger partial charge in [-0.1, -0.05) is 11.3 Å². The number of ether oxygens (including phenoxy) is 1. The number of rotatable bonds is 9. The standard InChI is InChI=1S/C23H21FN2O3S2/c1-28-17-7-9-19(10-8-17)30-13-3-5-22(27)26(15-18-4-2-12-29-18)23-25-20-11-6-16(24)14-21(20)31-23/h2,4,6-12,14H,3,5,13,15H2,1H3. The number of thiazole rings is 1. The third kappa shape index (κ3) is 5.45. The van der Waals surface area contributed by atoms with E-state index in [4.69, 9.17) is 9.15 Å². The molecule has 0 N–H and O–H groups in total. The van der Waals surface area contributed by atoms with Crippen LogP contribution in [0, 0.1) is 5.82 Å². The number of halogens is 1. The van der Waals surface area contributed by atoms with E-state index in [0.29, 0.717) is 34.1 Å². The minimum Gasteiger partial charge on any atom is -0.497 e. The summed E-state index contributed by atoms with van der Waals surface area (Å²) >= 11 is 3.00. The van der Waals surface area contributed by atoms with Crippen LogP contribution in [-0.4, -0.2) is 23.8 Å². The van der Waals surface area contributed by atoms with Crippen molar-refractivity contribution in [2.75, 3.05) is 17.8 Å². The average molecular weight is 457 g/mol. The van der Waals surface area contributed by atoms with Crippen molar-refractivity contribution in [1.29, 1.82) is 0 Å². The molecule has 0 saturated heterocycles. The maximum absolute atomic E-state index is 13.6.